The van der Waals surface area contributed by atoms with Gasteiger partial charge >= 0.3 is 0 Å². The molecule has 1 amide bonds. The fraction of sp³-hybridized carbons (Fsp3) is 0.296. The highest BCUT2D eigenvalue weighted by Gasteiger charge is 2.04. The van der Waals surface area contributed by atoms with Gasteiger partial charge in [-0.2, -0.15) is 0 Å². The monoisotopic (exact) mass is 432 g/mol. The fourth-order valence-electron chi connectivity index (χ4n) is 3.03. The molecule has 0 unspecified atom stereocenters. The third-order valence-electron chi connectivity index (χ3n) is 4.91. The first-order chi connectivity index (χ1) is 15.6. The topological polar surface area (TPSA) is 59.6 Å². The predicted octanol–water partition coefficient (Wildman–Crippen LogP) is 5.78. The lowest BCUT2D eigenvalue weighted by Gasteiger charge is -2.11. The van der Waals surface area contributed by atoms with Gasteiger partial charge in [-0.1, -0.05) is 44.2 Å². The number of carbonyl (C=O) groups is 1. The molecular weight excluding hydrogens is 400 g/mol. The summed E-state index contributed by atoms with van der Waals surface area (Å²) in [4.78, 5) is 12.2. The third-order valence-corrected chi connectivity index (χ3v) is 4.91. The van der Waals surface area contributed by atoms with Crippen LogP contribution in [0.1, 0.15) is 25.8 Å². The highest BCUT2D eigenvalue weighted by atomic mass is 16.5. The molecule has 0 aliphatic carbocycles. The van der Waals surface area contributed by atoms with Crippen molar-refractivity contribution in [2.45, 2.75) is 26.7 Å². The smallest absolute Gasteiger partial charge is 0.243 e. The van der Waals surface area contributed by atoms with E-state index in [1.165, 1.54) is 5.56 Å². The Hall–Kier alpha value is -3.47. The van der Waals surface area contributed by atoms with Gasteiger partial charge in [0.25, 0.3) is 0 Å². The number of rotatable bonds is 12. The second kappa shape index (κ2) is 12.4. The highest BCUT2D eigenvalue weighted by molar-refractivity contribution is 5.93. The zero-order valence-corrected chi connectivity index (χ0v) is 18.8. The van der Waals surface area contributed by atoms with E-state index in [1.807, 2.05) is 66.7 Å². The van der Waals surface area contributed by atoms with Crippen LogP contribution in [0.5, 0.6) is 11.5 Å². The highest BCUT2D eigenvalue weighted by Crippen LogP contribution is 2.18. The van der Waals surface area contributed by atoms with E-state index in [4.69, 9.17) is 9.47 Å². The molecule has 32 heavy (non-hydrogen) atoms. The summed E-state index contributed by atoms with van der Waals surface area (Å²) in [5.74, 6) is 2.14. The third kappa shape index (κ3) is 8.34. The van der Waals surface area contributed by atoms with Gasteiger partial charge < -0.3 is 20.1 Å². The standard InChI is InChI=1S/C27H32N2O3/c1-21(2)16-18-31-25-12-8-23(9-13-25)28-20-27(30)29-24-10-14-26(15-11-24)32-19-17-22-6-4-3-5-7-22/h3-15,21,28H,16-20H2,1-2H3,(H,29,30). The van der Waals surface area contributed by atoms with Crippen LogP contribution in [0, 0.1) is 5.92 Å². The lowest BCUT2D eigenvalue weighted by atomic mass is 10.1. The first-order valence-corrected chi connectivity index (χ1v) is 11.1. The summed E-state index contributed by atoms with van der Waals surface area (Å²) in [6, 6.07) is 25.3. The minimum absolute atomic E-state index is 0.111. The van der Waals surface area contributed by atoms with Gasteiger partial charge in [-0.15, -0.1) is 0 Å². The molecule has 2 N–H and O–H groups in total. The summed E-state index contributed by atoms with van der Waals surface area (Å²) in [6.45, 7) is 5.86. The second-order valence-electron chi connectivity index (χ2n) is 8.07. The number of hydrogen-bond acceptors (Lipinski definition) is 4. The second-order valence-corrected chi connectivity index (χ2v) is 8.07. The molecule has 0 heterocycles. The summed E-state index contributed by atoms with van der Waals surface area (Å²) < 4.78 is 11.5. The fourth-order valence-corrected chi connectivity index (χ4v) is 3.03. The van der Waals surface area contributed by atoms with Crippen molar-refractivity contribution in [3.05, 3.63) is 84.4 Å². The Morgan fingerprint density at radius 1 is 0.781 bits per heavy atom. The molecule has 0 aromatic heterocycles. The van der Waals surface area contributed by atoms with Gasteiger partial charge in [0.15, 0.2) is 0 Å². The van der Waals surface area contributed by atoms with Crippen LogP contribution in [0.25, 0.3) is 0 Å². The van der Waals surface area contributed by atoms with Crippen LogP contribution < -0.4 is 20.1 Å². The molecule has 5 heteroatoms. The van der Waals surface area contributed by atoms with E-state index in [1.54, 1.807) is 0 Å². The number of amides is 1. The van der Waals surface area contributed by atoms with E-state index < -0.39 is 0 Å². The summed E-state index contributed by atoms with van der Waals surface area (Å²) in [5, 5.41) is 6.02. The first kappa shape index (κ1) is 23.2. The van der Waals surface area contributed by atoms with E-state index >= 15 is 0 Å². The van der Waals surface area contributed by atoms with Gasteiger partial charge in [0, 0.05) is 17.8 Å². The van der Waals surface area contributed by atoms with Gasteiger partial charge in [0.05, 0.1) is 19.8 Å². The molecular formula is C27H32N2O3. The number of ether oxygens (including phenoxy) is 2. The Morgan fingerprint density at radius 2 is 1.38 bits per heavy atom. The molecule has 0 atom stereocenters. The van der Waals surface area contributed by atoms with Crippen LogP contribution in [0.4, 0.5) is 11.4 Å². The summed E-state index contributed by atoms with van der Waals surface area (Å²) in [6.07, 6.45) is 1.89. The van der Waals surface area contributed by atoms with E-state index in [2.05, 4.69) is 36.6 Å². The van der Waals surface area contributed by atoms with Gasteiger partial charge in [0.1, 0.15) is 11.5 Å². The Balaban J connectivity index is 1.36. The quantitative estimate of drug-likeness (QED) is 0.381. The van der Waals surface area contributed by atoms with E-state index in [9.17, 15) is 4.79 Å². The van der Waals surface area contributed by atoms with Crippen molar-refractivity contribution in [2.75, 3.05) is 30.4 Å². The molecule has 0 aliphatic heterocycles. The summed E-state index contributed by atoms with van der Waals surface area (Å²) in [7, 11) is 0. The minimum atomic E-state index is -0.111. The summed E-state index contributed by atoms with van der Waals surface area (Å²) in [5.41, 5.74) is 2.86. The van der Waals surface area contributed by atoms with Crippen molar-refractivity contribution in [1.29, 1.82) is 0 Å². The number of carbonyl (C=O) groups excluding carboxylic acids is 1. The minimum Gasteiger partial charge on any atom is -0.494 e. The van der Waals surface area contributed by atoms with Gasteiger partial charge in [-0.05, 0) is 66.4 Å². The van der Waals surface area contributed by atoms with E-state index in [0.717, 1.165) is 35.7 Å². The molecule has 0 spiro atoms. The van der Waals surface area contributed by atoms with Crippen LogP contribution >= 0.6 is 0 Å². The molecule has 3 rings (SSSR count). The van der Waals surface area contributed by atoms with Crippen molar-refractivity contribution in [3.8, 4) is 11.5 Å². The SMILES string of the molecule is CC(C)CCOc1ccc(NCC(=O)Nc2ccc(OCCc3ccccc3)cc2)cc1. The van der Waals surface area contributed by atoms with Crippen molar-refractivity contribution < 1.29 is 14.3 Å². The van der Waals surface area contributed by atoms with Crippen LogP contribution in [0.3, 0.4) is 0 Å². The van der Waals surface area contributed by atoms with Gasteiger partial charge in [0.2, 0.25) is 5.91 Å². The van der Waals surface area contributed by atoms with E-state index in [-0.39, 0.29) is 12.5 Å². The molecule has 168 valence electrons. The molecule has 0 aliphatic rings. The van der Waals surface area contributed by atoms with Gasteiger partial charge in [-0.3, -0.25) is 4.79 Å². The maximum Gasteiger partial charge on any atom is 0.243 e. The molecule has 5 nitrogen and oxygen atoms in total. The van der Waals surface area contributed by atoms with E-state index in [0.29, 0.717) is 19.1 Å². The number of nitrogens with one attached hydrogen (secondary N) is 2. The Kier molecular flexibility index (Phi) is 8.99. The molecule has 0 saturated heterocycles. The van der Waals surface area contributed by atoms with Crippen LogP contribution in [-0.2, 0) is 11.2 Å². The van der Waals surface area contributed by atoms with Crippen molar-refractivity contribution >= 4 is 17.3 Å². The van der Waals surface area contributed by atoms with Crippen molar-refractivity contribution in [1.82, 2.24) is 0 Å². The maximum atomic E-state index is 12.2. The molecule has 0 bridgehead atoms. The Morgan fingerprint density at radius 3 is 2.00 bits per heavy atom. The molecule has 3 aromatic carbocycles. The zero-order chi connectivity index (χ0) is 22.6. The molecule has 0 saturated carbocycles. The van der Waals surface area contributed by atoms with Crippen molar-refractivity contribution in [3.63, 3.8) is 0 Å². The maximum absolute atomic E-state index is 12.2. The molecule has 3 aromatic rings. The average Bonchev–Trinajstić information content (AvgIpc) is 2.80. The van der Waals surface area contributed by atoms with Crippen LogP contribution in [-0.4, -0.2) is 25.7 Å². The normalized spacial score (nSPS) is 10.6. The average molecular weight is 433 g/mol. The predicted molar refractivity (Wildman–Crippen MR) is 131 cm³/mol. The summed E-state index contributed by atoms with van der Waals surface area (Å²) >= 11 is 0. The number of anilines is 2. The Labute approximate surface area is 190 Å². The largest absolute Gasteiger partial charge is 0.494 e. The number of hydrogen-bond donors (Lipinski definition) is 2. The molecule has 0 radical (unpaired) electrons. The number of benzene rings is 3. The van der Waals surface area contributed by atoms with Crippen LogP contribution in [0.2, 0.25) is 0 Å². The Bertz CT molecular complexity index is 939. The first-order valence-electron chi connectivity index (χ1n) is 11.1. The lowest BCUT2D eigenvalue weighted by Crippen LogP contribution is -2.21. The lowest BCUT2D eigenvalue weighted by molar-refractivity contribution is -0.114. The molecule has 0 fully saturated rings. The zero-order valence-electron chi connectivity index (χ0n) is 18.8. The van der Waals surface area contributed by atoms with Crippen LogP contribution in [0.15, 0.2) is 78.9 Å². The van der Waals surface area contributed by atoms with Crippen molar-refractivity contribution in [2.24, 2.45) is 5.92 Å². The van der Waals surface area contributed by atoms with Gasteiger partial charge in [-0.25, -0.2) is 0 Å².